The van der Waals surface area contributed by atoms with E-state index in [0.29, 0.717) is 0 Å². The van der Waals surface area contributed by atoms with Crippen molar-refractivity contribution in [3.63, 3.8) is 0 Å². The van der Waals surface area contributed by atoms with Crippen LogP contribution < -0.4 is 5.46 Å². The number of H-pyrrole nitrogens is 1. The van der Waals surface area contributed by atoms with Crippen molar-refractivity contribution < 1.29 is 0 Å². The van der Waals surface area contributed by atoms with Gasteiger partial charge in [0.05, 0.1) is 0 Å². The highest BCUT2D eigenvalue weighted by Gasteiger charge is 1.90. The lowest BCUT2D eigenvalue weighted by atomic mass is 9.96. The topological polar surface area (TPSA) is 15.8 Å². The summed E-state index contributed by atoms with van der Waals surface area (Å²) < 4.78 is 0. The highest BCUT2D eigenvalue weighted by molar-refractivity contribution is 6.33. The Kier molecular flexibility index (Phi) is 1.07. The maximum Gasteiger partial charge on any atom is 0.139 e. The van der Waals surface area contributed by atoms with Crippen LogP contribution in [-0.4, -0.2) is 12.8 Å². The van der Waals surface area contributed by atoms with Crippen molar-refractivity contribution in [1.29, 1.82) is 0 Å². The Bertz CT molecular complexity index is 351. The van der Waals surface area contributed by atoms with Crippen molar-refractivity contribution in [3.05, 3.63) is 30.5 Å². The second-order valence-corrected chi connectivity index (χ2v) is 2.57. The number of rotatable bonds is 0. The summed E-state index contributed by atoms with van der Waals surface area (Å²) in [4.78, 5) is 3.16. The number of aromatic amines is 1. The van der Waals surface area contributed by atoms with Gasteiger partial charge in [0.25, 0.3) is 0 Å². The van der Waals surface area contributed by atoms with Crippen molar-refractivity contribution >= 4 is 24.2 Å². The SMILES string of the molecule is Bc1ccc2cc[nH]c2c1. The van der Waals surface area contributed by atoms with Crippen LogP contribution in [0.1, 0.15) is 0 Å². The molecule has 0 aliphatic heterocycles. The van der Waals surface area contributed by atoms with Gasteiger partial charge in [-0.05, 0) is 17.5 Å². The maximum absolute atomic E-state index is 3.16. The first-order chi connectivity index (χ1) is 4.86. The van der Waals surface area contributed by atoms with Gasteiger partial charge in [-0.25, -0.2) is 0 Å². The molecule has 0 spiro atoms. The first-order valence-electron chi connectivity index (χ1n) is 3.40. The molecule has 0 radical (unpaired) electrons. The molecule has 0 aliphatic carbocycles. The lowest BCUT2D eigenvalue weighted by molar-refractivity contribution is 1.48. The van der Waals surface area contributed by atoms with Gasteiger partial charge in [-0.3, -0.25) is 0 Å². The minimum Gasteiger partial charge on any atom is -0.361 e. The first-order valence-corrected chi connectivity index (χ1v) is 3.40. The van der Waals surface area contributed by atoms with Gasteiger partial charge in [-0.15, -0.1) is 0 Å². The molecule has 10 heavy (non-hydrogen) atoms. The fraction of sp³-hybridized carbons (Fsp3) is 0. The third-order valence-electron chi connectivity index (χ3n) is 1.71. The summed E-state index contributed by atoms with van der Waals surface area (Å²) in [6, 6.07) is 8.47. The molecule has 1 aromatic heterocycles. The van der Waals surface area contributed by atoms with Crippen LogP contribution in [-0.2, 0) is 0 Å². The molecule has 1 aromatic carbocycles. The van der Waals surface area contributed by atoms with E-state index in [1.807, 2.05) is 6.20 Å². The smallest absolute Gasteiger partial charge is 0.139 e. The van der Waals surface area contributed by atoms with E-state index in [9.17, 15) is 0 Å². The molecular weight excluding hydrogens is 121 g/mol. The monoisotopic (exact) mass is 129 g/mol. The van der Waals surface area contributed by atoms with Gasteiger partial charge in [-0.1, -0.05) is 17.6 Å². The Hall–Kier alpha value is -1.18. The van der Waals surface area contributed by atoms with Crippen LogP contribution in [0.3, 0.4) is 0 Å². The van der Waals surface area contributed by atoms with E-state index in [0.717, 1.165) is 0 Å². The molecule has 2 rings (SSSR count). The Balaban J connectivity index is 2.86. The quantitative estimate of drug-likeness (QED) is 0.496. The second kappa shape index (κ2) is 1.91. The van der Waals surface area contributed by atoms with Gasteiger partial charge in [-0.2, -0.15) is 0 Å². The van der Waals surface area contributed by atoms with E-state index in [4.69, 9.17) is 0 Å². The molecule has 1 heterocycles. The Labute approximate surface area is 60.5 Å². The van der Waals surface area contributed by atoms with Crippen molar-refractivity contribution in [2.24, 2.45) is 0 Å². The zero-order chi connectivity index (χ0) is 6.97. The molecule has 1 N–H and O–H groups in total. The van der Waals surface area contributed by atoms with Gasteiger partial charge in [0.2, 0.25) is 0 Å². The Morgan fingerprint density at radius 2 is 2.10 bits per heavy atom. The van der Waals surface area contributed by atoms with Crippen LogP contribution in [0, 0.1) is 0 Å². The highest BCUT2D eigenvalue weighted by Crippen LogP contribution is 2.07. The molecule has 1 nitrogen and oxygen atoms in total. The van der Waals surface area contributed by atoms with Crippen LogP contribution >= 0.6 is 0 Å². The zero-order valence-electron chi connectivity index (χ0n) is 5.89. The summed E-state index contributed by atoms with van der Waals surface area (Å²) in [5.41, 5.74) is 2.52. The maximum atomic E-state index is 3.16. The second-order valence-electron chi connectivity index (χ2n) is 2.57. The summed E-state index contributed by atoms with van der Waals surface area (Å²) in [5.74, 6) is 0. The molecule has 2 heteroatoms. The van der Waals surface area contributed by atoms with Gasteiger partial charge >= 0.3 is 0 Å². The van der Waals surface area contributed by atoms with Gasteiger partial charge in [0, 0.05) is 11.7 Å². The molecule has 0 atom stereocenters. The minimum absolute atomic E-state index is 1.22. The Morgan fingerprint density at radius 3 is 3.00 bits per heavy atom. The summed E-state index contributed by atoms with van der Waals surface area (Å²) >= 11 is 0. The van der Waals surface area contributed by atoms with Crippen molar-refractivity contribution in [3.8, 4) is 0 Å². The normalized spacial score (nSPS) is 10.4. The number of fused-ring (bicyclic) bond motifs is 1. The molecule has 0 amide bonds. The molecule has 48 valence electrons. The zero-order valence-corrected chi connectivity index (χ0v) is 5.89. The Morgan fingerprint density at radius 1 is 1.20 bits per heavy atom. The predicted molar refractivity (Wildman–Crippen MR) is 46.5 cm³/mol. The van der Waals surface area contributed by atoms with Gasteiger partial charge in [0.15, 0.2) is 0 Å². The lowest BCUT2D eigenvalue weighted by Crippen LogP contribution is -1.98. The summed E-state index contributed by atoms with van der Waals surface area (Å²) in [5, 5.41) is 1.28. The van der Waals surface area contributed by atoms with E-state index >= 15 is 0 Å². The molecule has 0 unspecified atom stereocenters. The standard InChI is InChI=1S/C8H8BN/c9-7-2-1-6-3-4-10-8(6)5-7/h1-5,10H,9H2. The number of hydrogen-bond donors (Lipinski definition) is 1. The van der Waals surface area contributed by atoms with E-state index < -0.39 is 0 Å². The fourth-order valence-corrected chi connectivity index (χ4v) is 1.16. The average Bonchev–Trinajstić information content (AvgIpc) is 2.33. The molecule has 0 saturated carbocycles. The van der Waals surface area contributed by atoms with Crippen LogP contribution in [0.5, 0.6) is 0 Å². The van der Waals surface area contributed by atoms with Crippen LogP contribution in [0.2, 0.25) is 0 Å². The first kappa shape index (κ1) is 5.60. The predicted octanol–water partition coefficient (Wildman–Crippen LogP) is 0.426. The molecular formula is C8H8BN. The van der Waals surface area contributed by atoms with E-state index in [-0.39, 0.29) is 0 Å². The average molecular weight is 129 g/mol. The van der Waals surface area contributed by atoms with Crippen LogP contribution in [0.4, 0.5) is 0 Å². The van der Waals surface area contributed by atoms with Crippen molar-refractivity contribution in [2.45, 2.75) is 0 Å². The largest absolute Gasteiger partial charge is 0.361 e. The van der Waals surface area contributed by atoms with E-state index in [1.165, 1.54) is 16.4 Å². The molecule has 0 saturated heterocycles. The number of benzene rings is 1. The highest BCUT2D eigenvalue weighted by atomic mass is 14.7. The third kappa shape index (κ3) is 0.729. The van der Waals surface area contributed by atoms with Crippen molar-refractivity contribution in [2.75, 3.05) is 0 Å². The minimum atomic E-state index is 1.22. The third-order valence-corrected chi connectivity index (χ3v) is 1.71. The van der Waals surface area contributed by atoms with Crippen molar-refractivity contribution in [1.82, 2.24) is 4.98 Å². The number of hydrogen-bond acceptors (Lipinski definition) is 0. The van der Waals surface area contributed by atoms with E-state index in [1.54, 1.807) is 0 Å². The molecule has 0 bridgehead atoms. The fourth-order valence-electron chi connectivity index (χ4n) is 1.16. The number of nitrogens with one attached hydrogen (secondary N) is 1. The van der Waals surface area contributed by atoms with Crippen LogP contribution in [0.25, 0.3) is 10.9 Å². The van der Waals surface area contributed by atoms with E-state index in [2.05, 4.69) is 37.1 Å². The number of aromatic nitrogens is 1. The lowest BCUT2D eigenvalue weighted by Gasteiger charge is -1.90. The van der Waals surface area contributed by atoms with Crippen LogP contribution in [0.15, 0.2) is 30.5 Å². The van der Waals surface area contributed by atoms with Gasteiger partial charge < -0.3 is 4.98 Å². The van der Waals surface area contributed by atoms with Gasteiger partial charge in [0.1, 0.15) is 7.85 Å². The summed E-state index contributed by atoms with van der Waals surface area (Å²) in [7, 11) is 2.10. The summed E-state index contributed by atoms with van der Waals surface area (Å²) in [6.45, 7) is 0. The summed E-state index contributed by atoms with van der Waals surface area (Å²) in [6.07, 6.45) is 1.96. The molecule has 0 fully saturated rings. The molecule has 2 aromatic rings. The molecule has 0 aliphatic rings.